The van der Waals surface area contributed by atoms with Crippen LogP contribution in [0.15, 0.2) is 22.9 Å². The standard InChI is InChI=1S/C13H17N5OS/c1-18-4-5-20-8-11(18)12-16-13(19-17-12)10-3-2-9(6-14)7-15-10/h2-3,7,11H,4-6,8,14H2,1H3. The lowest BCUT2D eigenvalue weighted by Gasteiger charge is -2.29. The minimum atomic E-state index is 0.217. The number of aromatic nitrogens is 3. The van der Waals surface area contributed by atoms with Crippen molar-refractivity contribution in [3.63, 3.8) is 0 Å². The quantitative estimate of drug-likeness (QED) is 0.913. The summed E-state index contributed by atoms with van der Waals surface area (Å²) in [5.41, 5.74) is 7.23. The summed E-state index contributed by atoms with van der Waals surface area (Å²) in [6, 6.07) is 4.00. The third-order valence-electron chi connectivity index (χ3n) is 3.42. The van der Waals surface area contributed by atoms with E-state index in [1.807, 2.05) is 23.9 Å². The second-order valence-electron chi connectivity index (χ2n) is 4.78. The molecule has 1 atom stereocenters. The van der Waals surface area contributed by atoms with Crippen LogP contribution < -0.4 is 5.73 Å². The Labute approximate surface area is 121 Å². The number of hydrogen-bond acceptors (Lipinski definition) is 7. The second-order valence-corrected chi connectivity index (χ2v) is 5.93. The maximum Gasteiger partial charge on any atom is 0.276 e. The SMILES string of the molecule is CN1CCSCC1c1noc(-c2ccc(CN)cn2)n1. The molecule has 3 heterocycles. The Kier molecular flexibility index (Phi) is 4.00. The van der Waals surface area contributed by atoms with Crippen LogP contribution in [-0.2, 0) is 6.54 Å². The van der Waals surface area contributed by atoms with Crippen molar-refractivity contribution >= 4 is 11.8 Å². The topological polar surface area (TPSA) is 81.1 Å². The summed E-state index contributed by atoms with van der Waals surface area (Å²) in [4.78, 5) is 11.0. The summed E-state index contributed by atoms with van der Waals surface area (Å²) in [5.74, 6) is 3.35. The van der Waals surface area contributed by atoms with Gasteiger partial charge in [0.1, 0.15) is 5.69 Å². The van der Waals surface area contributed by atoms with Gasteiger partial charge in [0, 0.05) is 30.8 Å². The normalized spacial score (nSPS) is 20.2. The van der Waals surface area contributed by atoms with Crippen molar-refractivity contribution in [1.82, 2.24) is 20.0 Å². The largest absolute Gasteiger partial charge is 0.332 e. The van der Waals surface area contributed by atoms with Crippen molar-refractivity contribution in [2.24, 2.45) is 5.73 Å². The fourth-order valence-electron chi connectivity index (χ4n) is 2.10. The average molecular weight is 291 g/mol. The molecule has 2 aromatic rings. The van der Waals surface area contributed by atoms with Gasteiger partial charge < -0.3 is 10.3 Å². The number of rotatable bonds is 3. The third-order valence-corrected chi connectivity index (χ3v) is 4.44. The van der Waals surface area contributed by atoms with Gasteiger partial charge in [-0.15, -0.1) is 0 Å². The van der Waals surface area contributed by atoms with Crippen LogP contribution in [0.2, 0.25) is 0 Å². The number of thioether (sulfide) groups is 1. The van der Waals surface area contributed by atoms with Gasteiger partial charge in [0.05, 0.1) is 6.04 Å². The van der Waals surface area contributed by atoms with Crippen LogP contribution in [-0.4, -0.2) is 45.1 Å². The molecule has 0 saturated carbocycles. The van der Waals surface area contributed by atoms with E-state index in [9.17, 15) is 0 Å². The molecule has 0 spiro atoms. The summed E-state index contributed by atoms with van der Waals surface area (Å²) < 4.78 is 5.33. The van der Waals surface area contributed by atoms with Gasteiger partial charge in [0.25, 0.3) is 5.89 Å². The highest BCUT2D eigenvalue weighted by Gasteiger charge is 2.26. The highest BCUT2D eigenvalue weighted by molar-refractivity contribution is 7.99. The van der Waals surface area contributed by atoms with Gasteiger partial charge in [-0.25, -0.2) is 0 Å². The Balaban J connectivity index is 1.81. The van der Waals surface area contributed by atoms with Crippen LogP contribution in [0.4, 0.5) is 0 Å². The van der Waals surface area contributed by atoms with Crippen molar-refractivity contribution in [2.75, 3.05) is 25.1 Å². The minimum Gasteiger partial charge on any atom is -0.332 e. The molecule has 7 heteroatoms. The van der Waals surface area contributed by atoms with E-state index in [4.69, 9.17) is 10.3 Å². The Morgan fingerprint density at radius 3 is 3.10 bits per heavy atom. The monoisotopic (exact) mass is 291 g/mol. The maximum atomic E-state index is 5.56. The number of nitrogens with two attached hydrogens (primary N) is 1. The molecule has 0 aromatic carbocycles. The zero-order valence-electron chi connectivity index (χ0n) is 11.3. The van der Waals surface area contributed by atoms with E-state index < -0.39 is 0 Å². The predicted octanol–water partition coefficient (Wildman–Crippen LogP) is 1.31. The molecule has 1 unspecified atom stereocenters. The molecule has 6 nitrogen and oxygen atoms in total. The van der Waals surface area contributed by atoms with Gasteiger partial charge in [0.15, 0.2) is 5.82 Å². The smallest absolute Gasteiger partial charge is 0.276 e. The van der Waals surface area contributed by atoms with Gasteiger partial charge in [-0.1, -0.05) is 11.2 Å². The van der Waals surface area contributed by atoms with Crippen LogP contribution >= 0.6 is 11.8 Å². The van der Waals surface area contributed by atoms with Crippen molar-refractivity contribution in [3.05, 3.63) is 29.7 Å². The van der Waals surface area contributed by atoms with Crippen molar-refractivity contribution < 1.29 is 4.52 Å². The summed E-state index contributed by atoms with van der Waals surface area (Å²) in [6.07, 6.45) is 1.74. The average Bonchev–Trinajstić information content (AvgIpc) is 2.97. The van der Waals surface area contributed by atoms with E-state index in [1.165, 1.54) is 0 Å². The van der Waals surface area contributed by atoms with E-state index in [-0.39, 0.29) is 6.04 Å². The molecular formula is C13H17N5OS. The zero-order chi connectivity index (χ0) is 13.9. The highest BCUT2D eigenvalue weighted by atomic mass is 32.2. The molecule has 2 N–H and O–H groups in total. The molecular weight excluding hydrogens is 274 g/mol. The van der Waals surface area contributed by atoms with E-state index in [2.05, 4.69) is 27.1 Å². The first-order valence-corrected chi connectivity index (χ1v) is 7.70. The maximum absolute atomic E-state index is 5.56. The molecule has 2 aromatic heterocycles. The van der Waals surface area contributed by atoms with Crippen LogP contribution in [0.5, 0.6) is 0 Å². The molecule has 0 aliphatic carbocycles. The second kappa shape index (κ2) is 5.90. The van der Waals surface area contributed by atoms with Gasteiger partial charge in [-0.3, -0.25) is 9.88 Å². The molecule has 0 bridgehead atoms. The Bertz CT molecular complexity index is 570. The lowest BCUT2D eigenvalue weighted by atomic mass is 10.2. The fraction of sp³-hybridized carbons (Fsp3) is 0.462. The summed E-state index contributed by atoms with van der Waals surface area (Å²) in [6.45, 7) is 1.52. The fourth-order valence-corrected chi connectivity index (χ4v) is 3.31. The predicted molar refractivity (Wildman–Crippen MR) is 78.1 cm³/mol. The van der Waals surface area contributed by atoms with E-state index in [1.54, 1.807) is 6.20 Å². The lowest BCUT2D eigenvalue weighted by Crippen LogP contribution is -2.33. The van der Waals surface area contributed by atoms with Gasteiger partial charge in [-0.05, 0) is 18.7 Å². The zero-order valence-corrected chi connectivity index (χ0v) is 12.1. The van der Waals surface area contributed by atoms with Crippen LogP contribution in [0, 0.1) is 0 Å². The molecule has 1 fully saturated rings. The third kappa shape index (κ3) is 2.70. The summed E-state index contributed by atoms with van der Waals surface area (Å²) in [7, 11) is 2.09. The van der Waals surface area contributed by atoms with Gasteiger partial charge in [0.2, 0.25) is 0 Å². The van der Waals surface area contributed by atoms with Gasteiger partial charge in [-0.2, -0.15) is 16.7 Å². The Morgan fingerprint density at radius 2 is 2.40 bits per heavy atom. The lowest BCUT2D eigenvalue weighted by molar-refractivity contribution is 0.257. The first-order valence-electron chi connectivity index (χ1n) is 6.55. The number of hydrogen-bond donors (Lipinski definition) is 1. The van der Waals surface area contributed by atoms with Crippen LogP contribution in [0.1, 0.15) is 17.4 Å². The number of nitrogens with zero attached hydrogens (tertiary/aromatic N) is 4. The molecule has 106 valence electrons. The van der Waals surface area contributed by atoms with E-state index in [0.717, 1.165) is 29.4 Å². The minimum absolute atomic E-state index is 0.217. The van der Waals surface area contributed by atoms with E-state index in [0.29, 0.717) is 18.1 Å². The Morgan fingerprint density at radius 1 is 1.50 bits per heavy atom. The first kappa shape index (κ1) is 13.5. The molecule has 3 rings (SSSR count). The van der Waals surface area contributed by atoms with Gasteiger partial charge >= 0.3 is 0 Å². The van der Waals surface area contributed by atoms with E-state index >= 15 is 0 Å². The molecule has 1 saturated heterocycles. The molecule has 0 amide bonds. The molecule has 1 aliphatic rings. The highest BCUT2D eigenvalue weighted by Crippen LogP contribution is 2.27. The van der Waals surface area contributed by atoms with Crippen molar-refractivity contribution in [3.8, 4) is 11.6 Å². The first-order chi connectivity index (χ1) is 9.78. The van der Waals surface area contributed by atoms with Crippen LogP contribution in [0.25, 0.3) is 11.6 Å². The summed E-state index contributed by atoms with van der Waals surface area (Å²) >= 11 is 1.92. The molecule has 1 aliphatic heterocycles. The summed E-state index contributed by atoms with van der Waals surface area (Å²) in [5, 5.41) is 4.10. The Hall–Kier alpha value is -1.44. The van der Waals surface area contributed by atoms with Crippen molar-refractivity contribution in [2.45, 2.75) is 12.6 Å². The molecule has 0 radical (unpaired) electrons. The molecule has 20 heavy (non-hydrogen) atoms. The number of pyridine rings is 1. The van der Waals surface area contributed by atoms with Crippen LogP contribution in [0.3, 0.4) is 0 Å². The van der Waals surface area contributed by atoms with Crippen molar-refractivity contribution in [1.29, 1.82) is 0 Å².